The van der Waals surface area contributed by atoms with Crippen molar-refractivity contribution < 1.29 is 4.79 Å². The summed E-state index contributed by atoms with van der Waals surface area (Å²) in [6, 6.07) is -0.0209. The highest BCUT2D eigenvalue weighted by Crippen LogP contribution is 2.40. The summed E-state index contributed by atoms with van der Waals surface area (Å²) in [5.41, 5.74) is 1.33. The van der Waals surface area contributed by atoms with Gasteiger partial charge in [-0.25, -0.2) is 0 Å². The van der Waals surface area contributed by atoms with Crippen LogP contribution in [0.5, 0.6) is 0 Å². The summed E-state index contributed by atoms with van der Waals surface area (Å²) in [4.78, 5) is 12.6. The topological polar surface area (TPSA) is 59.0 Å². The second-order valence-corrected chi connectivity index (χ2v) is 7.57. The first-order valence-electron chi connectivity index (χ1n) is 8.83. The lowest BCUT2D eigenvalue weighted by Gasteiger charge is -2.39. The van der Waals surface area contributed by atoms with Crippen molar-refractivity contribution in [3.63, 3.8) is 0 Å². The van der Waals surface area contributed by atoms with Crippen LogP contribution < -0.4 is 10.6 Å². The highest BCUT2D eigenvalue weighted by molar-refractivity contribution is 5.85. The van der Waals surface area contributed by atoms with Crippen LogP contribution in [0.15, 0.2) is 12.4 Å². The number of aromatic nitrogens is 2. The molecule has 1 amide bonds. The summed E-state index contributed by atoms with van der Waals surface area (Å²) >= 11 is 0. The van der Waals surface area contributed by atoms with E-state index in [0.29, 0.717) is 11.5 Å². The van der Waals surface area contributed by atoms with E-state index in [2.05, 4.69) is 36.5 Å². The zero-order valence-electron chi connectivity index (χ0n) is 15.6. The molecule has 0 aromatic carbocycles. The first-order chi connectivity index (χ1) is 10.9. The van der Waals surface area contributed by atoms with Gasteiger partial charge in [0.2, 0.25) is 5.91 Å². The van der Waals surface area contributed by atoms with Crippen molar-refractivity contribution in [3.05, 3.63) is 18.0 Å². The third-order valence-electron chi connectivity index (χ3n) is 5.70. The molecule has 5 nitrogen and oxygen atoms in total. The third-order valence-corrected chi connectivity index (χ3v) is 5.70. The third kappa shape index (κ3) is 4.96. The van der Waals surface area contributed by atoms with Crippen molar-refractivity contribution in [1.29, 1.82) is 0 Å². The molecule has 1 heterocycles. The molecule has 1 fully saturated rings. The standard InChI is InChI=1S/C18H32N4O.ClH/c1-6-18(2,3)14-7-9-15(10-8-14)21-17(23)16(19-4)13-11-20-22(5)12-13;/h11-12,14-16,19H,6-10H2,1-5H3,(H,21,23);1H. The van der Waals surface area contributed by atoms with Crippen LogP contribution in [0.2, 0.25) is 0 Å². The molecule has 138 valence electrons. The van der Waals surface area contributed by atoms with E-state index in [1.807, 2.05) is 20.3 Å². The van der Waals surface area contributed by atoms with Crippen LogP contribution in [0.3, 0.4) is 0 Å². The molecule has 6 heteroatoms. The molecule has 1 unspecified atom stereocenters. The van der Waals surface area contributed by atoms with Crippen LogP contribution >= 0.6 is 12.4 Å². The summed E-state index contributed by atoms with van der Waals surface area (Å²) in [7, 11) is 3.68. The van der Waals surface area contributed by atoms with Gasteiger partial charge in [-0.05, 0) is 44.1 Å². The van der Waals surface area contributed by atoms with Gasteiger partial charge >= 0.3 is 0 Å². The fraction of sp³-hybridized carbons (Fsp3) is 0.778. The maximum Gasteiger partial charge on any atom is 0.242 e. The molecule has 2 rings (SSSR count). The maximum absolute atomic E-state index is 12.6. The van der Waals surface area contributed by atoms with Gasteiger partial charge in [-0.3, -0.25) is 9.48 Å². The molecule has 0 saturated heterocycles. The number of likely N-dealkylation sites (N-methyl/N-ethyl adjacent to an activating group) is 1. The Balaban J connectivity index is 0.00000288. The fourth-order valence-corrected chi connectivity index (χ4v) is 3.63. The Morgan fingerprint density at radius 1 is 1.38 bits per heavy atom. The van der Waals surface area contributed by atoms with Gasteiger partial charge in [0.25, 0.3) is 0 Å². The average molecular weight is 357 g/mol. The van der Waals surface area contributed by atoms with E-state index < -0.39 is 0 Å². The Bertz CT molecular complexity index is 521. The monoisotopic (exact) mass is 356 g/mol. The van der Waals surface area contributed by atoms with E-state index in [4.69, 9.17) is 0 Å². The lowest BCUT2D eigenvalue weighted by Crippen LogP contribution is -2.44. The van der Waals surface area contributed by atoms with Crippen LogP contribution in [0.25, 0.3) is 0 Å². The largest absolute Gasteiger partial charge is 0.352 e. The normalized spacial score (nSPS) is 22.5. The molecule has 1 aliphatic rings. The Morgan fingerprint density at radius 3 is 2.46 bits per heavy atom. The molecule has 0 spiro atoms. The highest BCUT2D eigenvalue weighted by atomic mass is 35.5. The van der Waals surface area contributed by atoms with Gasteiger partial charge < -0.3 is 10.6 Å². The lowest BCUT2D eigenvalue weighted by atomic mass is 9.69. The van der Waals surface area contributed by atoms with Crippen molar-refractivity contribution in [3.8, 4) is 0 Å². The summed E-state index contributed by atoms with van der Waals surface area (Å²) in [6.45, 7) is 7.02. The highest BCUT2D eigenvalue weighted by Gasteiger charge is 2.33. The van der Waals surface area contributed by atoms with Gasteiger partial charge in [0.15, 0.2) is 0 Å². The van der Waals surface area contributed by atoms with Crippen LogP contribution in [-0.2, 0) is 11.8 Å². The number of carbonyl (C=O) groups excluding carboxylic acids is 1. The number of aryl methyl sites for hydroxylation is 1. The fourth-order valence-electron chi connectivity index (χ4n) is 3.63. The van der Waals surface area contributed by atoms with Crippen molar-refractivity contribution in [2.24, 2.45) is 18.4 Å². The molecule has 1 aromatic rings. The predicted octanol–water partition coefficient (Wildman–Crippen LogP) is 3.21. The van der Waals surface area contributed by atoms with Crippen molar-refractivity contribution >= 4 is 18.3 Å². The number of halogens is 1. The molecule has 1 atom stereocenters. The number of nitrogens with one attached hydrogen (secondary N) is 2. The Labute approximate surface area is 152 Å². The number of carbonyl (C=O) groups is 1. The van der Waals surface area contributed by atoms with E-state index in [1.54, 1.807) is 10.9 Å². The van der Waals surface area contributed by atoms with Crippen LogP contribution in [-0.4, -0.2) is 28.8 Å². The maximum atomic E-state index is 12.6. The molecular formula is C18H33ClN4O. The Hall–Kier alpha value is -1.07. The van der Waals surface area contributed by atoms with Crippen LogP contribution in [0.4, 0.5) is 0 Å². The molecule has 24 heavy (non-hydrogen) atoms. The van der Waals surface area contributed by atoms with E-state index in [1.165, 1.54) is 19.3 Å². The minimum Gasteiger partial charge on any atom is -0.352 e. The van der Waals surface area contributed by atoms with Gasteiger partial charge in [-0.2, -0.15) is 5.10 Å². The first-order valence-corrected chi connectivity index (χ1v) is 8.83. The van der Waals surface area contributed by atoms with Gasteiger partial charge in [-0.1, -0.05) is 27.2 Å². The van der Waals surface area contributed by atoms with E-state index >= 15 is 0 Å². The summed E-state index contributed by atoms with van der Waals surface area (Å²) in [5, 5.41) is 10.5. The second-order valence-electron chi connectivity index (χ2n) is 7.57. The van der Waals surface area contributed by atoms with Gasteiger partial charge in [0, 0.05) is 24.8 Å². The first kappa shape index (κ1) is 21.0. The molecule has 1 saturated carbocycles. The van der Waals surface area contributed by atoms with Crippen LogP contribution in [0.1, 0.15) is 64.5 Å². The van der Waals surface area contributed by atoms with Crippen molar-refractivity contribution in [1.82, 2.24) is 20.4 Å². The molecule has 0 aliphatic heterocycles. The minimum absolute atomic E-state index is 0. The van der Waals surface area contributed by atoms with Crippen molar-refractivity contribution in [2.45, 2.75) is 65.0 Å². The second kappa shape index (κ2) is 8.86. The quantitative estimate of drug-likeness (QED) is 0.822. The summed E-state index contributed by atoms with van der Waals surface area (Å²) in [6.07, 6.45) is 9.46. The lowest BCUT2D eigenvalue weighted by molar-refractivity contribution is -0.124. The SMILES string of the molecule is CCC(C)(C)C1CCC(NC(=O)C(NC)c2cnn(C)c2)CC1.Cl. The van der Waals surface area contributed by atoms with E-state index in [9.17, 15) is 4.79 Å². The molecule has 0 radical (unpaired) electrons. The smallest absolute Gasteiger partial charge is 0.242 e. The van der Waals surface area contributed by atoms with Gasteiger partial charge in [0.1, 0.15) is 6.04 Å². The Kier molecular flexibility index (Phi) is 7.74. The van der Waals surface area contributed by atoms with Gasteiger partial charge in [0.05, 0.1) is 6.20 Å². The molecule has 1 aromatic heterocycles. The molecule has 1 aliphatic carbocycles. The summed E-state index contributed by atoms with van der Waals surface area (Å²) < 4.78 is 1.73. The van der Waals surface area contributed by atoms with E-state index in [0.717, 1.165) is 24.3 Å². The number of nitrogens with zero attached hydrogens (tertiary/aromatic N) is 2. The zero-order chi connectivity index (χ0) is 17.0. The molecule has 0 bridgehead atoms. The van der Waals surface area contributed by atoms with E-state index in [-0.39, 0.29) is 24.4 Å². The number of hydrogen-bond donors (Lipinski definition) is 2. The predicted molar refractivity (Wildman–Crippen MR) is 100 cm³/mol. The number of rotatable bonds is 6. The summed E-state index contributed by atoms with van der Waals surface area (Å²) in [5.74, 6) is 0.831. The Morgan fingerprint density at radius 2 is 2.00 bits per heavy atom. The average Bonchev–Trinajstić information content (AvgIpc) is 2.95. The van der Waals surface area contributed by atoms with Crippen LogP contribution in [0, 0.1) is 11.3 Å². The number of hydrogen-bond acceptors (Lipinski definition) is 3. The number of amides is 1. The molecular weight excluding hydrogens is 324 g/mol. The molecule has 2 N–H and O–H groups in total. The van der Waals surface area contributed by atoms with Crippen molar-refractivity contribution in [2.75, 3.05) is 7.05 Å². The zero-order valence-corrected chi connectivity index (χ0v) is 16.4. The minimum atomic E-state index is -0.325. The van der Waals surface area contributed by atoms with Gasteiger partial charge in [-0.15, -0.1) is 12.4 Å².